The molecule has 0 saturated heterocycles. The smallest absolute Gasteiger partial charge is 0.272 e. The third-order valence-electron chi connectivity index (χ3n) is 1.62. The van der Waals surface area contributed by atoms with Gasteiger partial charge in [0, 0.05) is 0 Å². The zero-order valence-corrected chi connectivity index (χ0v) is 9.17. The molecule has 0 aromatic carbocycles. The van der Waals surface area contributed by atoms with Crippen LogP contribution in [0.4, 0.5) is 0 Å². The lowest BCUT2D eigenvalue weighted by atomic mass is 10.1. The van der Waals surface area contributed by atoms with Crippen molar-refractivity contribution < 1.29 is 4.79 Å². The minimum atomic E-state index is -0.721. The number of halogens is 1. The minimum absolute atomic E-state index is 0.144. The van der Waals surface area contributed by atoms with Crippen LogP contribution in [0.1, 0.15) is 24.3 Å². The van der Waals surface area contributed by atoms with Crippen molar-refractivity contribution in [1.82, 2.24) is 15.3 Å². The molecule has 0 saturated carbocycles. The summed E-state index contributed by atoms with van der Waals surface area (Å²) in [6, 6.07) is 0. The highest BCUT2D eigenvalue weighted by Crippen LogP contribution is 2.05. The fraction of sp³-hybridized carbons (Fsp3) is 0.300. The first kappa shape index (κ1) is 11.5. The Kier molecular flexibility index (Phi) is 3.28. The fourth-order valence-corrected chi connectivity index (χ4v) is 0.983. The Balaban J connectivity index is 2.84. The van der Waals surface area contributed by atoms with Crippen LogP contribution in [0.15, 0.2) is 12.4 Å². The Morgan fingerprint density at radius 2 is 2.27 bits per heavy atom. The molecule has 78 valence electrons. The normalized spacial score (nSPS) is 10.5. The molecule has 0 spiro atoms. The number of amides is 1. The predicted octanol–water partition coefficient (Wildman–Crippen LogP) is 1.27. The second kappa shape index (κ2) is 4.28. The molecule has 15 heavy (non-hydrogen) atoms. The van der Waals surface area contributed by atoms with Crippen molar-refractivity contribution in [2.24, 2.45) is 0 Å². The maximum Gasteiger partial charge on any atom is 0.272 e. The molecule has 4 nitrogen and oxygen atoms in total. The van der Waals surface area contributed by atoms with Crippen molar-refractivity contribution in [3.05, 3.63) is 23.2 Å². The van der Waals surface area contributed by atoms with Crippen molar-refractivity contribution in [1.29, 1.82) is 0 Å². The third-order valence-corrected chi connectivity index (χ3v) is 1.81. The van der Waals surface area contributed by atoms with Crippen molar-refractivity contribution in [3.8, 4) is 12.3 Å². The highest BCUT2D eigenvalue weighted by Gasteiger charge is 2.19. The summed E-state index contributed by atoms with van der Waals surface area (Å²) in [6.45, 7) is 3.42. The van der Waals surface area contributed by atoms with E-state index in [1.807, 2.05) is 0 Å². The molecule has 0 unspecified atom stereocenters. The molecular formula is C10H10ClN3O. The summed E-state index contributed by atoms with van der Waals surface area (Å²) in [6.07, 6.45) is 7.91. The minimum Gasteiger partial charge on any atom is -0.335 e. The predicted molar refractivity (Wildman–Crippen MR) is 57.4 cm³/mol. The molecule has 0 radical (unpaired) electrons. The van der Waals surface area contributed by atoms with Crippen LogP contribution in [0.25, 0.3) is 0 Å². The van der Waals surface area contributed by atoms with Gasteiger partial charge in [-0.05, 0) is 13.8 Å². The van der Waals surface area contributed by atoms with Crippen LogP contribution in [0.5, 0.6) is 0 Å². The van der Waals surface area contributed by atoms with E-state index in [1.54, 1.807) is 13.8 Å². The lowest BCUT2D eigenvalue weighted by molar-refractivity contribution is 0.0924. The molecule has 1 rings (SSSR count). The highest BCUT2D eigenvalue weighted by molar-refractivity contribution is 6.29. The van der Waals surface area contributed by atoms with E-state index in [1.165, 1.54) is 12.4 Å². The van der Waals surface area contributed by atoms with E-state index in [4.69, 9.17) is 18.0 Å². The second-order valence-electron chi connectivity index (χ2n) is 3.45. The molecule has 0 aliphatic carbocycles. The number of rotatable bonds is 2. The van der Waals surface area contributed by atoms with Crippen LogP contribution in [0, 0.1) is 12.3 Å². The number of nitrogens with zero attached hydrogens (tertiary/aromatic N) is 2. The maximum atomic E-state index is 11.6. The first-order valence-electron chi connectivity index (χ1n) is 4.22. The van der Waals surface area contributed by atoms with Gasteiger partial charge in [-0.25, -0.2) is 4.98 Å². The second-order valence-corrected chi connectivity index (χ2v) is 3.84. The van der Waals surface area contributed by atoms with Crippen molar-refractivity contribution >= 4 is 17.5 Å². The number of carbonyl (C=O) groups excluding carboxylic acids is 1. The summed E-state index contributed by atoms with van der Waals surface area (Å²) in [5, 5.41) is 2.78. The van der Waals surface area contributed by atoms with Crippen molar-refractivity contribution in [3.63, 3.8) is 0 Å². The van der Waals surface area contributed by atoms with Gasteiger partial charge in [0.15, 0.2) is 0 Å². The Hall–Kier alpha value is -1.60. The number of hydrogen-bond donors (Lipinski definition) is 1. The Bertz CT molecular complexity index is 423. The van der Waals surface area contributed by atoms with Crippen LogP contribution >= 0.6 is 11.6 Å². The van der Waals surface area contributed by atoms with Crippen LogP contribution in [-0.4, -0.2) is 21.4 Å². The topological polar surface area (TPSA) is 54.9 Å². The molecular weight excluding hydrogens is 214 g/mol. The van der Waals surface area contributed by atoms with Gasteiger partial charge in [-0.2, -0.15) is 0 Å². The Morgan fingerprint density at radius 3 is 2.80 bits per heavy atom. The average Bonchev–Trinajstić information content (AvgIpc) is 2.17. The van der Waals surface area contributed by atoms with E-state index in [0.29, 0.717) is 0 Å². The van der Waals surface area contributed by atoms with Gasteiger partial charge in [0.25, 0.3) is 5.91 Å². The summed E-state index contributed by atoms with van der Waals surface area (Å²) >= 11 is 5.60. The molecule has 1 heterocycles. The van der Waals surface area contributed by atoms with Crippen molar-refractivity contribution in [2.75, 3.05) is 0 Å². The zero-order valence-electron chi connectivity index (χ0n) is 8.41. The first-order chi connectivity index (χ1) is 6.94. The van der Waals surface area contributed by atoms with Crippen molar-refractivity contribution in [2.45, 2.75) is 19.4 Å². The molecule has 1 N–H and O–H groups in total. The first-order valence-corrected chi connectivity index (χ1v) is 4.60. The highest BCUT2D eigenvalue weighted by atomic mass is 35.5. The maximum absolute atomic E-state index is 11.6. The van der Waals surface area contributed by atoms with Gasteiger partial charge in [0.05, 0.1) is 17.9 Å². The zero-order chi connectivity index (χ0) is 11.5. The van der Waals surface area contributed by atoms with Crippen LogP contribution < -0.4 is 5.32 Å². The summed E-state index contributed by atoms with van der Waals surface area (Å²) in [4.78, 5) is 19.2. The van der Waals surface area contributed by atoms with Gasteiger partial charge >= 0.3 is 0 Å². The number of carbonyl (C=O) groups is 1. The van der Waals surface area contributed by atoms with E-state index < -0.39 is 11.4 Å². The molecule has 1 aromatic heterocycles. The molecule has 5 heteroatoms. The summed E-state index contributed by atoms with van der Waals surface area (Å²) in [5.41, 5.74) is -0.577. The van der Waals surface area contributed by atoms with Gasteiger partial charge in [-0.1, -0.05) is 17.5 Å². The van der Waals surface area contributed by atoms with Crippen LogP contribution in [0.3, 0.4) is 0 Å². The van der Waals surface area contributed by atoms with Gasteiger partial charge in [-0.3, -0.25) is 9.78 Å². The number of nitrogens with one attached hydrogen (secondary N) is 1. The quantitative estimate of drug-likeness (QED) is 0.769. The lowest BCUT2D eigenvalue weighted by Gasteiger charge is -2.18. The standard InChI is InChI=1S/C10H10ClN3O/c1-4-10(2,3)14-9(15)7-5-12-6-8(11)13-7/h1,5-6H,2-3H3,(H,14,15). The lowest BCUT2D eigenvalue weighted by Crippen LogP contribution is -2.42. The Labute approximate surface area is 93.1 Å². The molecule has 0 aliphatic rings. The third kappa shape index (κ3) is 3.22. The monoisotopic (exact) mass is 223 g/mol. The SMILES string of the molecule is C#CC(C)(C)NC(=O)c1cncc(Cl)n1. The van der Waals surface area contributed by atoms with Gasteiger partial charge in [0.2, 0.25) is 0 Å². The van der Waals surface area contributed by atoms with Gasteiger partial charge < -0.3 is 5.32 Å². The van der Waals surface area contributed by atoms with E-state index in [0.717, 1.165) is 0 Å². The fourth-order valence-electron chi connectivity index (χ4n) is 0.836. The Morgan fingerprint density at radius 1 is 1.60 bits per heavy atom. The molecule has 0 bridgehead atoms. The summed E-state index contributed by atoms with van der Waals surface area (Å²) in [5.74, 6) is 2.05. The molecule has 0 fully saturated rings. The largest absolute Gasteiger partial charge is 0.335 e. The van der Waals surface area contributed by atoms with E-state index >= 15 is 0 Å². The van der Waals surface area contributed by atoms with E-state index in [2.05, 4.69) is 21.2 Å². The van der Waals surface area contributed by atoms with Gasteiger partial charge in [0.1, 0.15) is 10.8 Å². The molecule has 0 atom stereocenters. The number of hydrogen-bond acceptors (Lipinski definition) is 3. The van der Waals surface area contributed by atoms with Gasteiger partial charge in [-0.15, -0.1) is 6.42 Å². The summed E-state index contributed by atoms with van der Waals surface area (Å²) < 4.78 is 0. The van der Waals surface area contributed by atoms with E-state index in [9.17, 15) is 4.79 Å². The molecule has 0 aliphatic heterocycles. The average molecular weight is 224 g/mol. The number of aromatic nitrogens is 2. The summed E-state index contributed by atoms with van der Waals surface area (Å²) in [7, 11) is 0. The van der Waals surface area contributed by atoms with E-state index in [-0.39, 0.29) is 10.8 Å². The number of terminal acetylenes is 1. The molecule has 1 amide bonds. The van der Waals surface area contributed by atoms with Crippen LogP contribution in [-0.2, 0) is 0 Å². The van der Waals surface area contributed by atoms with Crippen LogP contribution in [0.2, 0.25) is 5.15 Å². The molecule has 1 aromatic rings.